The second kappa shape index (κ2) is 9.82. The van der Waals surface area contributed by atoms with Gasteiger partial charge in [-0.3, -0.25) is 4.99 Å². The van der Waals surface area contributed by atoms with Gasteiger partial charge in [-0.1, -0.05) is 13.3 Å². The lowest BCUT2D eigenvalue weighted by atomic mass is 9.86. The predicted molar refractivity (Wildman–Crippen MR) is 96.7 cm³/mol. The summed E-state index contributed by atoms with van der Waals surface area (Å²) in [5.41, 5.74) is 5.86. The molecular formula is C15H31IN4. The Hall–Kier alpha value is -0.0400. The molecule has 20 heavy (non-hydrogen) atoms. The Balaban J connectivity index is 0.00000200. The molecule has 0 atom stereocenters. The summed E-state index contributed by atoms with van der Waals surface area (Å²) >= 11 is 0. The third-order valence-corrected chi connectivity index (χ3v) is 4.58. The molecule has 1 aliphatic heterocycles. The highest BCUT2D eigenvalue weighted by molar-refractivity contribution is 14.0. The number of likely N-dealkylation sites (tertiary alicyclic amines) is 1. The molecule has 0 aromatic heterocycles. The number of nitrogens with two attached hydrogens (primary N) is 1. The molecule has 0 unspecified atom stereocenters. The maximum atomic E-state index is 5.86. The van der Waals surface area contributed by atoms with Crippen LogP contribution in [0.1, 0.15) is 45.4 Å². The lowest BCUT2D eigenvalue weighted by molar-refractivity contribution is 0.191. The number of halogens is 1. The van der Waals surface area contributed by atoms with Crippen molar-refractivity contribution in [1.82, 2.24) is 10.2 Å². The van der Waals surface area contributed by atoms with Crippen LogP contribution in [0.2, 0.25) is 0 Å². The molecule has 2 aliphatic rings. The van der Waals surface area contributed by atoms with Crippen LogP contribution in [-0.2, 0) is 0 Å². The van der Waals surface area contributed by atoms with Gasteiger partial charge in [0.1, 0.15) is 0 Å². The smallest absolute Gasteiger partial charge is 0.188 e. The lowest BCUT2D eigenvalue weighted by Crippen LogP contribution is -2.37. The molecule has 0 aromatic carbocycles. The molecule has 1 heterocycles. The van der Waals surface area contributed by atoms with Gasteiger partial charge >= 0.3 is 0 Å². The molecule has 0 amide bonds. The van der Waals surface area contributed by atoms with Gasteiger partial charge < -0.3 is 16.0 Å². The zero-order valence-corrected chi connectivity index (χ0v) is 15.1. The quantitative estimate of drug-likeness (QED) is 0.315. The van der Waals surface area contributed by atoms with Crippen LogP contribution in [-0.4, -0.2) is 43.6 Å². The monoisotopic (exact) mass is 394 g/mol. The fourth-order valence-corrected chi connectivity index (χ4v) is 2.76. The summed E-state index contributed by atoms with van der Waals surface area (Å²) in [6.07, 6.45) is 7.93. The van der Waals surface area contributed by atoms with Crippen LogP contribution in [0.15, 0.2) is 4.99 Å². The molecule has 0 bridgehead atoms. The van der Waals surface area contributed by atoms with Crippen LogP contribution >= 0.6 is 24.0 Å². The minimum Gasteiger partial charge on any atom is -0.370 e. The van der Waals surface area contributed by atoms with Crippen LogP contribution in [0.25, 0.3) is 0 Å². The van der Waals surface area contributed by atoms with Crippen LogP contribution in [0.5, 0.6) is 0 Å². The van der Waals surface area contributed by atoms with Crippen molar-refractivity contribution in [2.45, 2.75) is 45.4 Å². The summed E-state index contributed by atoms with van der Waals surface area (Å²) in [5.74, 6) is 2.36. The normalized spacial score (nSPS) is 22.1. The Morgan fingerprint density at radius 3 is 2.55 bits per heavy atom. The van der Waals surface area contributed by atoms with E-state index in [4.69, 9.17) is 5.73 Å². The molecule has 4 nitrogen and oxygen atoms in total. The van der Waals surface area contributed by atoms with E-state index >= 15 is 0 Å². The Bertz CT molecular complexity index is 284. The highest BCUT2D eigenvalue weighted by Crippen LogP contribution is 2.26. The van der Waals surface area contributed by atoms with Crippen molar-refractivity contribution in [1.29, 1.82) is 0 Å². The van der Waals surface area contributed by atoms with Crippen molar-refractivity contribution in [2.75, 3.05) is 32.7 Å². The highest BCUT2D eigenvalue weighted by Gasteiger charge is 2.16. The molecule has 1 aliphatic carbocycles. The van der Waals surface area contributed by atoms with Gasteiger partial charge in [0.15, 0.2) is 5.96 Å². The van der Waals surface area contributed by atoms with Crippen LogP contribution in [0, 0.1) is 11.8 Å². The molecule has 3 N–H and O–H groups in total. The Labute approximate surface area is 141 Å². The molecule has 2 fully saturated rings. The first kappa shape index (κ1) is 18.0. The van der Waals surface area contributed by atoms with Gasteiger partial charge in [-0.25, -0.2) is 0 Å². The SMILES string of the molecule is CC1CCN(CCCNC(N)=NCC2CCC2)CC1.I. The van der Waals surface area contributed by atoms with Crippen molar-refractivity contribution < 1.29 is 0 Å². The molecule has 1 saturated carbocycles. The summed E-state index contributed by atoms with van der Waals surface area (Å²) in [4.78, 5) is 6.98. The first-order chi connectivity index (χ1) is 9.24. The van der Waals surface area contributed by atoms with E-state index in [1.807, 2.05) is 0 Å². The summed E-state index contributed by atoms with van der Waals surface area (Å²) in [6, 6.07) is 0. The second-order valence-corrected chi connectivity index (χ2v) is 6.33. The number of guanidine groups is 1. The van der Waals surface area contributed by atoms with Gasteiger partial charge in [0, 0.05) is 13.1 Å². The van der Waals surface area contributed by atoms with E-state index in [2.05, 4.69) is 22.1 Å². The molecule has 1 saturated heterocycles. The van der Waals surface area contributed by atoms with Crippen molar-refractivity contribution in [3.8, 4) is 0 Å². The van der Waals surface area contributed by atoms with Gasteiger partial charge in [0.2, 0.25) is 0 Å². The first-order valence-corrected chi connectivity index (χ1v) is 8.00. The maximum Gasteiger partial charge on any atom is 0.188 e. The van der Waals surface area contributed by atoms with Crippen LogP contribution in [0.3, 0.4) is 0 Å². The van der Waals surface area contributed by atoms with E-state index in [0.717, 1.165) is 31.3 Å². The van der Waals surface area contributed by atoms with E-state index in [-0.39, 0.29) is 24.0 Å². The molecule has 5 heteroatoms. The fourth-order valence-electron chi connectivity index (χ4n) is 2.76. The minimum absolute atomic E-state index is 0. The Morgan fingerprint density at radius 1 is 1.25 bits per heavy atom. The maximum absolute atomic E-state index is 5.86. The van der Waals surface area contributed by atoms with Gasteiger partial charge in [0.25, 0.3) is 0 Å². The van der Waals surface area contributed by atoms with Crippen molar-refractivity contribution in [3.63, 3.8) is 0 Å². The van der Waals surface area contributed by atoms with E-state index in [9.17, 15) is 0 Å². The van der Waals surface area contributed by atoms with E-state index in [0.29, 0.717) is 5.96 Å². The van der Waals surface area contributed by atoms with Crippen LogP contribution < -0.4 is 11.1 Å². The average molecular weight is 394 g/mol. The largest absolute Gasteiger partial charge is 0.370 e. The number of hydrogen-bond acceptors (Lipinski definition) is 2. The molecule has 0 aromatic rings. The second-order valence-electron chi connectivity index (χ2n) is 6.33. The highest BCUT2D eigenvalue weighted by atomic mass is 127. The van der Waals surface area contributed by atoms with Gasteiger partial charge in [-0.2, -0.15) is 0 Å². The summed E-state index contributed by atoms with van der Waals surface area (Å²) in [5, 5.41) is 3.24. The topological polar surface area (TPSA) is 53.6 Å². The third-order valence-electron chi connectivity index (χ3n) is 4.58. The van der Waals surface area contributed by atoms with Crippen molar-refractivity contribution in [3.05, 3.63) is 0 Å². The number of rotatable bonds is 6. The molecule has 0 radical (unpaired) electrons. The van der Waals surface area contributed by atoms with Gasteiger partial charge in [0.05, 0.1) is 0 Å². The summed E-state index contributed by atoms with van der Waals surface area (Å²) in [7, 11) is 0. The van der Waals surface area contributed by atoms with E-state index < -0.39 is 0 Å². The van der Waals surface area contributed by atoms with Crippen molar-refractivity contribution >= 4 is 29.9 Å². The lowest BCUT2D eigenvalue weighted by Gasteiger charge is -2.30. The number of hydrogen-bond donors (Lipinski definition) is 2. The first-order valence-electron chi connectivity index (χ1n) is 8.00. The minimum atomic E-state index is 0. The third kappa shape index (κ3) is 6.61. The summed E-state index contributed by atoms with van der Waals surface area (Å²) < 4.78 is 0. The number of nitrogens with zero attached hydrogens (tertiary/aromatic N) is 2. The van der Waals surface area contributed by atoms with Crippen LogP contribution in [0.4, 0.5) is 0 Å². The fraction of sp³-hybridized carbons (Fsp3) is 0.933. The van der Waals surface area contributed by atoms with E-state index in [1.54, 1.807) is 0 Å². The van der Waals surface area contributed by atoms with Gasteiger partial charge in [-0.15, -0.1) is 24.0 Å². The van der Waals surface area contributed by atoms with E-state index in [1.165, 1.54) is 51.7 Å². The molecule has 118 valence electrons. The predicted octanol–water partition coefficient (Wildman–Crippen LogP) is 2.43. The average Bonchev–Trinajstić information content (AvgIpc) is 2.35. The zero-order chi connectivity index (χ0) is 13.5. The Morgan fingerprint density at radius 2 is 1.95 bits per heavy atom. The zero-order valence-electron chi connectivity index (χ0n) is 12.8. The number of piperidine rings is 1. The summed E-state index contributed by atoms with van der Waals surface area (Å²) in [6.45, 7) is 7.96. The molecule has 0 spiro atoms. The van der Waals surface area contributed by atoms with Gasteiger partial charge in [-0.05, 0) is 63.6 Å². The number of aliphatic imine (C=N–C) groups is 1. The van der Waals surface area contributed by atoms with Crippen molar-refractivity contribution in [2.24, 2.45) is 22.6 Å². The standard InChI is InChI=1S/C15H30N4.HI/c1-13-6-10-19(11-7-13)9-3-8-17-15(16)18-12-14-4-2-5-14;/h13-14H,2-12H2,1H3,(H3,16,17,18);1H. The Kier molecular flexibility index (Phi) is 8.84. The number of nitrogens with one attached hydrogen (secondary N) is 1. The molecule has 2 rings (SSSR count). The molecular weight excluding hydrogens is 363 g/mol.